The molecule has 0 N–H and O–H groups in total. The highest BCUT2D eigenvalue weighted by molar-refractivity contribution is 9.10. The number of hydrogen-bond donors (Lipinski definition) is 0. The van der Waals surface area contributed by atoms with Gasteiger partial charge < -0.3 is 0 Å². The van der Waals surface area contributed by atoms with Crippen molar-refractivity contribution < 1.29 is 0 Å². The molecule has 80 valence electrons. The zero-order valence-corrected chi connectivity index (χ0v) is 11.2. The van der Waals surface area contributed by atoms with Crippen molar-refractivity contribution in [3.05, 3.63) is 45.5 Å². The zero-order chi connectivity index (χ0) is 11.1. The van der Waals surface area contributed by atoms with Crippen LogP contribution in [-0.2, 0) is 0 Å². The van der Waals surface area contributed by atoms with E-state index in [9.17, 15) is 0 Å². The molecule has 16 heavy (non-hydrogen) atoms. The van der Waals surface area contributed by atoms with E-state index >= 15 is 0 Å². The molecule has 0 radical (unpaired) electrons. The first-order valence-corrected chi connectivity index (χ1v) is 6.68. The first-order valence-electron chi connectivity index (χ1n) is 4.63. The molecule has 0 saturated heterocycles. The average Bonchev–Trinajstić information content (AvgIpc) is 2.86. The summed E-state index contributed by atoms with van der Waals surface area (Å²) in [6.45, 7) is 0. The molecule has 0 amide bonds. The molecule has 0 fully saturated rings. The summed E-state index contributed by atoms with van der Waals surface area (Å²) in [7, 11) is 0. The fraction of sp³-hybridized carbons (Fsp3) is 0. The molecular formula is C11H6BrClN2S. The summed E-state index contributed by atoms with van der Waals surface area (Å²) < 4.78 is 2.84. The van der Waals surface area contributed by atoms with Crippen molar-refractivity contribution in [2.45, 2.75) is 0 Å². The van der Waals surface area contributed by atoms with Crippen LogP contribution in [0.4, 0.5) is 0 Å². The lowest BCUT2D eigenvalue weighted by molar-refractivity contribution is 1.17. The summed E-state index contributed by atoms with van der Waals surface area (Å²) in [4.78, 5) is 5.63. The van der Waals surface area contributed by atoms with E-state index in [1.165, 1.54) is 0 Å². The van der Waals surface area contributed by atoms with Gasteiger partial charge in [-0.1, -0.05) is 17.7 Å². The van der Waals surface area contributed by atoms with Gasteiger partial charge in [0.2, 0.25) is 0 Å². The van der Waals surface area contributed by atoms with Gasteiger partial charge in [-0.05, 0) is 39.5 Å². The number of hydrogen-bond acceptors (Lipinski definition) is 2. The van der Waals surface area contributed by atoms with Crippen LogP contribution in [0.2, 0.25) is 5.02 Å². The molecule has 0 aliphatic rings. The Morgan fingerprint density at radius 1 is 1.31 bits per heavy atom. The molecule has 3 aromatic rings. The number of nitrogens with zero attached hydrogens (tertiary/aromatic N) is 2. The van der Waals surface area contributed by atoms with Crippen LogP contribution >= 0.6 is 38.9 Å². The molecule has 0 unspecified atom stereocenters. The molecule has 0 aliphatic carbocycles. The third kappa shape index (κ3) is 1.57. The van der Waals surface area contributed by atoms with Crippen molar-refractivity contribution in [1.29, 1.82) is 0 Å². The minimum Gasteiger partial charge on any atom is -0.296 e. The fourth-order valence-electron chi connectivity index (χ4n) is 1.60. The van der Waals surface area contributed by atoms with Gasteiger partial charge in [0.15, 0.2) is 5.82 Å². The van der Waals surface area contributed by atoms with E-state index in [-0.39, 0.29) is 0 Å². The van der Waals surface area contributed by atoms with Gasteiger partial charge in [-0.2, -0.15) is 0 Å². The minimum absolute atomic E-state index is 0.704. The lowest BCUT2D eigenvalue weighted by atomic mass is 10.4. The first kappa shape index (κ1) is 10.3. The van der Waals surface area contributed by atoms with Crippen molar-refractivity contribution in [3.63, 3.8) is 0 Å². The molecule has 5 heteroatoms. The Morgan fingerprint density at radius 2 is 2.19 bits per heavy atom. The molecule has 0 atom stereocenters. The second-order valence-corrected chi connectivity index (χ2v) is 5.44. The number of rotatable bonds is 1. The average molecular weight is 314 g/mol. The second kappa shape index (κ2) is 3.87. The topological polar surface area (TPSA) is 17.3 Å². The standard InChI is InChI=1S/C11H6BrClN2S/c12-10-8-4-3-7(13)6-15(8)11(14-10)9-2-1-5-16-9/h1-6H. The van der Waals surface area contributed by atoms with E-state index in [0.29, 0.717) is 5.02 Å². The predicted octanol–water partition coefficient (Wildman–Crippen LogP) is 4.48. The maximum Gasteiger partial charge on any atom is 0.156 e. The van der Waals surface area contributed by atoms with Crippen molar-refractivity contribution in [2.24, 2.45) is 0 Å². The Hall–Kier alpha value is -0.840. The van der Waals surface area contributed by atoms with Gasteiger partial charge in [0.05, 0.1) is 15.4 Å². The van der Waals surface area contributed by atoms with Crippen LogP contribution in [0.3, 0.4) is 0 Å². The Bertz CT molecular complexity index is 645. The van der Waals surface area contributed by atoms with Gasteiger partial charge in [0.1, 0.15) is 4.60 Å². The SMILES string of the molecule is Clc1ccc2c(Br)nc(-c3cccs3)n2c1. The van der Waals surface area contributed by atoms with Crippen LogP contribution in [0.25, 0.3) is 16.2 Å². The molecule has 0 spiro atoms. The van der Waals surface area contributed by atoms with Gasteiger partial charge in [0, 0.05) is 6.20 Å². The van der Waals surface area contributed by atoms with Gasteiger partial charge >= 0.3 is 0 Å². The van der Waals surface area contributed by atoms with Crippen LogP contribution in [0.1, 0.15) is 0 Å². The minimum atomic E-state index is 0.704. The second-order valence-electron chi connectivity index (χ2n) is 3.31. The van der Waals surface area contributed by atoms with E-state index in [0.717, 1.165) is 20.8 Å². The van der Waals surface area contributed by atoms with E-state index in [4.69, 9.17) is 11.6 Å². The number of aromatic nitrogens is 2. The van der Waals surface area contributed by atoms with Crippen molar-refractivity contribution in [1.82, 2.24) is 9.38 Å². The van der Waals surface area contributed by atoms with Crippen LogP contribution in [0.15, 0.2) is 40.4 Å². The highest BCUT2D eigenvalue weighted by Crippen LogP contribution is 2.29. The van der Waals surface area contributed by atoms with Crippen LogP contribution in [0, 0.1) is 0 Å². The molecule has 3 aromatic heterocycles. The zero-order valence-electron chi connectivity index (χ0n) is 8.02. The smallest absolute Gasteiger partial charge is 0.156 e. The number of imidazole rings is 1. The molecular weight excluding hydrogens is 308 g/mol. The normalized spacial score (nSPS) is 11.1. The van der Waals surface area contributed by atoms with Gasteiger partial charge in [-0.25, -0.2) is 4.98 Å². The monoisotopic (exact) mass is 312 g/mol. The summed E-state index contributed by atoms with van der Waals surface area (Å²) in [6, 6.07) is 7.88. The first-order chi connectivity index (χ1) is 7.75. The predicted molar refractivity (Wildman–Crippen MR) is 71.2 cm³/mol. The van der Waals surface area contributed by atoms with Crippen molar-refractivity contribution >= 4 is 44.4 Å². The Kier molecular flexibility index (Phi) is 2.50. The third-order valence-corrected chi connectivity index (χ3v) is 3.97. The summed E-state index contributed by atoms with van der Waals surface area (Å²) >= 11 is 11.1. The van der Waals surface area contributed by atoms with Gasteiger partial charge in [-0.3, -0.25) is 4.40 Å². The number of fused-ring (bicyclic) bond motifs is 1. The number of pyridine rings is 1. The van der Waals surface area contributed by atoms with Crippen LogP contribution in [0.5, 0.6) is 0 Å². The summed E-state index contributed by atoms with van der Waals surface area (Å²) in [6.07, 6.45) is 1.88. The lowest BCUT2D eigenvalue weighted by Crippen LogP contribution is -1.86. The maximum absolute atomic E-state index is 6.00. The largest absolute Gasteiger partial charge is 0.296 e. The number of halogens is 2. The van der Waals surface area contributed by atoms with Crippen LogP contribution in [-0.4, -0.2) is 9.38 Å². The summed E-state index contributed by atoms with van der Waals surface area (Å²) in [5.74, 6) is 0.916. The number of thiophene rings is 1. The Morgan fingerprint density at radius 3 is 2.94 bits per heavy atom. The van der Waals surface area contributed by atoms with Crippen molar-refractivity contribution in [2.75, 3.05) is 0 Å². The van der Waals surface area contributed by atoms with E-state index in [2.05, 4.69) is 20.9 Å². The molecule has 2 nitrogen and oxygen atoms in total. The van der Waals surface area contributed by atoms with Gasteiger partial charge in [-0.15, -0.1) is 11.3 Å². The summed E-state index contributed by atoms with van der Waals surface area (Å²) in [5, 5.41) is 2.74. The van der Waals surface area contributed by atoms with Gasteiger partial charge in [0.25, 0.3) is 0 Å². The van der Waals surface area contributed by atoms with Crippen molar-refractivity contribution in [3.8, 4) is 10.7 Å². The quantitative estimate of drug-likeness (QED) is 0.647. The van der Waals surface area contributed by atoms with E-state index in [1.54, 1.807) is 11.3 Å². The maximum atomic E-state index is 6.00. The summed E-state index contributed by atoms with van der Waals surface area (Å²) in [5.41, 5.74) is 1.02. The Labute approximate surface area is 110 Å². The molecule has 3 rings (SSSR count). The molecule has 0 saturated carbocycles. The Balaban J connectivity index is 2.37. The van der Waals surface area contributed by atoms with Crippen LogP contribution < -0.4 is 0 Å². The third-order valence-electron chi connectivity index (χ3n) is 2.30. The lowest BCUT2D eigenvalue weighted by Gasteiger charge is -1.98. The molecule has 0 aliphatic heterocycles. The van der Waals surface area contributed by atoms with E-state index < -0.39 is 0 Å². The molecule has 0 bridgehead atoms. The molecule has 0 aromatic carbocycles. The highest BCUT2D eigenvalue weighted by atomic mass is 79.9. The van der Waals surface area contributed by atoms with E-state index in [1.807, 2.05) is 40.2 Å². The highest BCUT2D eigenvalue weighted by Gasteiger charge is 2.11. The molecule has 3 heterocycles. The fourth-order valence-corrected chi connectivity index (χ4v) is 2.96.